The van der Waals surface area contributed by atoms with Gasteiger partial charge in [-0.15, -0.1) is 21.5 Å². The first kappa shape index (κ1) is 20.8. The lowest BCUT2D eigenvalue weighted by molar-refractivity contribution is 0.583. The zero-order valence-corrected chi connectivity index (χ0v) is 18.0. The molecule has 1 saturated heterocycles. The number of aliphatic imine (C=N–C) groups is 1. The first-order chi connectivity index (χ1) is 13.5. The van der Waals surface area contributed by atoms with E-state index in [0.717, 1.165) is 18.7 Å². The van der Waals surface area contributed by atoms with Gasteiger partial charge in [0.1, 0.15) is 12.2 Å². The average Bonchev–Trinajstić information content (AvgIpc) is 3.40. The second kappa shape index (κ2) is 9.51. The lowest BCUT2D eigenvalue weighted by Gasteiger charge is -2.22. The maximum atomic E-state index is 11.8. The van der Waals surface area contributed by atoms with Gasteiger partial charge in [0.25, 0.3) is 0 Å². The Hall–Kier alpha value is -1.94. The van der Waals surface area contributed by atoms with Crippen molar-refractivity contribution >= 4 is 27.1 Å². The molecule has 2 aromatic heterocycles. The molecule has 2 atom stereocenters. The van der Waals surface area contributed by atoms with Crippen LogP contribution in [0.3, 0.4) is 0 Å². The summed E-state index contributed by atoms with van der Waals surface area (Å²) in [7, 11) is -2.95. The average molecular weight is 425 g/mol. The van der Waals surface area contributed by atoms with Crippen molar-refractivity contribution in [3.8, 4) is 0 Å². The van der Waals surface area contributed by atoms with E-state index in [0.29, 0.717) is 25.5 Å². The standard InChI is InChI=1S/C18H28N6O2S2/c1-3-15(16-6-5-10-27-16)22-18(21-14-7-11-28(25,26)12-14)19-8-9-24-13-20-23-17(24)4-2/h5-6,10,13-15H,3-4,7-9,11-12H2,1-2H3,(H2,19,21,22). The first-order valence-corrected chi connectivity index (χ1v) is 12.4. The highest BCUT2D eigenvalue weighted by molar-refractivity contribution is 7.91. The number of thiophene rings is 1. The molecule has 0 radical (unpaired) electrons. The van der Waals surface area contributed by atoms with Crippen LogP contribution in [0.5, 0.6) is 0 Å². The number of sulfone groups is 1. The van der Waals surface area contributed by atoms with Crippen LogP contribution in [0, 0.1) is 0 Å². The van der Waals surface area contributed by atoms with Gasteiger partial charge >= 0.3 is 0 Å². The Kier molecular flexibility index (Phi) is 7.06. The van der Waals surface area contributed by atoms with Crippen molar-refractivity contribution in [1.29, 1.82) is 0 Å². The van der Waals surface area contributed by atoms with Gasteiger partial charge in [0.2, 0.25) is 0 Å². The van der Waals surface area contributed by atoms with Crippen LogP contribution in [0.15, 0.2) is 28.8 Å². The molecule has 1 aliphatic heterocycles. The minimum absolute atomic E-state index is 0.0989. The number of rotatable bonds is 8. The number of aromatic nitrogens is 3. The number of nitrogens with zero attached hydrogens (tertiary/aromatic N) is 4. The molecule has 0 spiro atoms. The summed E-state index contributed by atoms with van der Waals surface area (Å²) in [5.41, 5.74) is 0. The molecule has 8 nitrogen and oxygen atoms in total. The lowest BCUT2D eigenvalue weighted by Crippen LogP contribution is -2.45. The van der Waals surface area contributed by atoms with Gasteiger partial charge in [0, 0.05) is 23.9 Å². The van der Waals surface area contributed by atoms with E-state index in [2.05, 4.69) is 39.2 Å². The molecule has 0 amide bonds. The maximum Gasteiger partial charge on any atom is 0.192 e. The molecule has 2 N–H and O–H groups in total. The molecule has 10 heteroatoms. The van der Waals surface area contributed by atoms with E-state index >= 15 is 0 Å². The molecule has 3 heterocycles. The lowest BCUT2D eigenvalue weighted by atomic mass is 10.2. The van der Waals surface area contributed by atoms with Crippen molar-refractivity contribution in [2.24, 2.45) is 4.99 Å². The van der Waals surface area contributed by atoms with Crippen molar-refractivity contribution < 1.29 is 8.42 Å². The van der Waals surface area contributed by atoms with Crippen LogP contribution in [-0.4, -0.2) is 53.2 Å². The SMILES string of the molecule is CCc1nncn1CCN=C(NC1CCS(=O)(=O)C1)NC(CC)c1cccs1. The van der Waals surface area contributed by atoms with Crippen LogP contribution >= 0.6 is 11.3 Å². The molecule has 3 rings (SSSR count). The molecule has 0 bridgehead atoms. The number of hydrogen-bond donors (Lipinski definition) is 2. The highest BCUT2D eigenvalue weighted by Crippen LogP contribution is 2.21. The summed E-state index contributed by atoms with van der Waals surface area (Å²) in [5, 5.41) is 16.9. The van der Waals surface area contributed by atoms with Crippen LogP contribution in [0.1, 0.15) is 43.4 Å². The summed E-state index contributed by atoms with van der Waals surface area (Å²) in [6.07, 6.45) is 4.07. The van der Waals surface area contributed by atoms with Crippen LogP contribution in [-0.2, 0) is 22.8 Å². The predicted molar refractivity (Wildman–Crippen MR) is 112 cm³/mol. The summed E-state index contributed by atoms with van der Waals surface area (Å²) in [6, 6.07) is 4.19. The van der Waals surface area contributed by atoms with Crippen LogP contribution < -0.4 is 10.6 Å². The first-order valence-electron chi connectivity index (χ1n) is 9.68. The third-order valence-corrected chi connectivity index (χ3v) is 7.56. The Balaban J connectivity index is 1.69. The fourth-order valence-corrected chi connectivity index (χ4v) is 5.81. The summed E-state index contributed by atoms with van der Waals surface area (Å²) >= 11 is 1.71. The third kappa shape index (κ3) is 5.54. The quantitative estimate of drug-likeness (QED) is 0.495. The summed E-state index contributed by atoms with van der Waals surface area (Å²) < 4.78 is 25.6. The van der Waals surface area contributed by atoms with Gasteiger partial charge in [-0.2, -0.15) is 0 Å². The number of aryl methyl sites for hydroxylation is 1. The van der Waals surface area contributed by atoms with Crippen molar-refractivity contribution in [1.82, 2.24) is 25.4 Å². The number of guanidine groups is 1. The summed E-state index contributed by atoms with van der Waals surface area (Å²) in [5.74, 6) is 1.99. The monoisotopic (exact) mass is 424 g/mol. The van der Waals surface area contributed by atoms with E-state index in [9.17, 15) is 8.42 Å². The minimum Gasteiger partial charge on any atom is -0.353 e. The van der Waals surface area contributed by atoms with Crippen molar-refractivity contribution in [2.75, 3.05) is 18.1 Å². The molecule has 0 aliphatic carbocycles. The Labute approximate surface area is 170 Å². The predicted octanol–water partition coefficient (Wildman–Crippen LogP) is 1.78. The highest BCUT2D eigenvalue weighted by Gasteiger charge is 2.28. The van der Waals surface area contributed by atoms with Gasteiger partial charge < -0.3 is 15.2 Å². The van der Waals surface area contributed by atoms with Gasteiger partial charge in [-0.1, -0.05) is 19.9 Å². The van der Waals surface area contributed by atoms with Crippen LogP contribution in [0.2, 0.25) is 0 Å². The van der Waals surface area contributed by atoms with E-state index in [1.807, 2.05) is 17.6 Å². The normalized spacial score (nSPS) is 20.2. The Morgan fingerprint density at radius 3 is 2.96 bits per heavy atom. The zero-order chi connectivity index (χ0) is 20.0. The molecule has 2 aromatic rings. The fourth-order valence-electron chi connectivity index (χ4n) is 3.27. The molecule has 28 heavy (non-hydrogen) atoms. The maximum absolute atomic E-state index is 11.8. The minimum atomic E-state index is -2.95. The van der Waals surface area contributed by atoms with E-state index in [4.69, 9.17) is 4.99 Å². The topological polar surface area (TPSA) is 101 Å². The van der Waals surface area contributed by atoms with E-state index in [-0.39, 0.29) is 23.6 Å². The number of hydrogen-bond acceptors (Lipinski definition) is 6. The Morgan fingerprint density at radius 2 is 2.32 bits per heavy atom. The Morgan fingerprint density at radius 1 is 1.46 bits per heavy atom. The molecule has 1 aliphatic rings. The fraction of sp³-hybridized carbons (Fsp3) is 0.611. The molecule has 2 unspecified atom stereocenters. The summed E-state index contributed by atoms with van der Waals surface area (Å²) in [6.45, 7) is 5.41. The molecule has 1 fully saturated rings. The third-order valence-electron chi connectivity index (χ3n) is 4.80. The van der Waals surface area contributed by atoms with Gasteiger partial charge in [0.05, 0.1) is 24.1 Å². The molecule has 0 saturated carbocycles. The molecular weight excluding hydrogens is 396 g/mol. The van der Waals surface area contributed by atoms with Gasteiger partial charge in [-0.05, 0) is 24.3 Å². The van der Waals surface area contributed by atoms with E-state index in [1.165, 1.54) is 4.88 Å². The highest BCUT2D eigenvalue weighted by atomic mass is 32.2. The van der Waals surface area contributed by atoms with Gasteiger partial charge in [0.15, 0.2) is 15.8 Å². The largest absolute Gasteiger partial charge is 0.353 e. The van der Waals surface area contributed by atoms with Crippen molar-refractivity contribution in [2.45, 2.75) is 51.7 Å². The van der Waals surface area contributed by atoms with E-state index < -0.39 is 9.84 Å². The smallest absolute Gasteiger partial charge is 0.192 e. The van der Waals surface area contributed by atoms with E-state index in [1.54, 1.807) is 17.7 Å². The Bertz CT molecular complexity index is 876. The number of nitrogens with one attached hydrogen (secondary N) is 2. The van der Waals surface area contributed by atoms with Crippen LogP contribution in [0.25, 0.3) is 0 Å². The second-order valence-corrected chi connectivity index (χ2v) is 10.1. The van der Waals surface area contributed by atoms with Gasteiger partial charge in [-0.25, -0.2) is 8.42 Å². The van der Waals surface area contributed by atoms with Crippen LogP contribution in [0.4, 0.5) is 0 Å². The molecule has 154 valence electrons. The molecular formula is C18H28N6O2S2. The summed E-state index contributed by atoms with van der Waals surface area (Å²) in [4.78, 5) is 5.95. The van der Waals surface area contributed by atoms with Crippen molar-refractivity contribution in [3.63, 3.8) is 0 Å². The second-order valence-electron chi connectivity index (χ2n) is 6.89. The van der Waals surface area contributed by atoms with Gasteiger partial charge in [-0.3, -0.25) is 4.99 Å². The van der Waals surface area contributed by atoms with Crippen molar-refractivity contribution in [3.05, 3.63) is 34.5 Å². The zero-order valence-electron chi connectivity index (χ0n) is 16.3. The molecule has 0 aromatic carbocycles.